The Labute approximate surface area is 131 Å². The highest BCUT2D eigenvalue weighted by Crippen LogP contribution is 2.37. The molecule has 4 nitrogen and oxygen atoms in total. The number of hydrogen-bond acceptors (Lipinski definition) is 5. The van der Waals surface area contributed by atoms with E-state index in [-0.39, 0.29) is 5.97 Å². The van der Waals surface area contributed by atoms with Gasteiger partial charge in [-0.1, -0.05) is 18.2 Å². The molecule has 110 valence electrons. The molecule has 22 heavy (non-hydrogen) atoms. The quantitative estimate of drug-likeness (QED) is 0.578. The van der Waals surface area contributed by atoms with E-state index in [4.69, 9.17) is 4.74 Å². The zero-order valence-electron chi connectivity index (χ0n) is 11.8. The number of nitrogens with one attached hydrogen (secondary N) is 1. The molecule has 0 saturated heterocycles. The molecule has 0 aliphatic carbocycles. The summed E-state index contributed by atoms with van der Waals surface area (Å²) in [5.41, 5.74) is 2.14. The van der Waals surface area contributed by atoms with E-state index >= 15 is 0 Å². The predicted octanol–water partition coefficient (Wildman–Crippen LogP) is 4.24. The maximum atomic E-state index is 12.0. The molecule has 1 N–H and O–H groups in total. The van der Waals surface area contributed by atoms with E-state index < -0.39 is 0 Å². The van der Waals surface area contributed by atoms with E-state index in [1.807, 2.05) is 24.3 Å². The Hall–Kier alpha value is -2.66. The molecule has 1 heterocycles. The molecule has 2 aromatic carbocycles. The summed E-state index contributed by atoms with van der Waals surface area (Å²) in [6, 6.07) is 14.8. The number of benzene rings is 2. The number of methoxy groups -OCH3 is 1. The molecule has 3 rings (SSSR count). The van der Waals surface area contributed by atoms with Gasteiger partial charge in [0, 0.05) is 21.3 Å². The Bertz CT molecular complexity index is 837. The average Bonchev–Trinajstić information content (AvgIpc) is 2.93. The summed E-state index contributed by atoms with van der Waals surface area (Å²) < 4.78 is 5.88. The highest BCUT2D eigenvalue weighted by Gasteiger charge is 2.18. The molecular weight excluding hydrogens is 298 g/mol. The number of fused-ring (bicyclic) bond motifs is 1. The molecule has 0 amide bonds. The van der Waals surface area contributed by atoms with Crippen LogP contribution in [0.5, 0.6) is 0 Å². The summed E-state index contributed by atoms with van der Waals surface area (Å²) in [7, 11) is 1.37. The van der Waals surface area contributed by atoms with Crippen molar-refractivity contribution in [3.8, 4) is 0 Å². The second-order valence-electron chi connectivity index (χ2n) is 4.66. The van der Waals surface area contributed by atoms with Gasteiger partial charge in [0.1, 0.15) is 11.2 Å². The van der Waals surface area contributed by atoms with Gasteiger partial charge in [0.15, 0.2) is 0 Å². The van der Waals surface area contributed by atoms with Crippen LogP contribution in [-0.4, -0.2) is 19.4 Å². The van der Waals surface area contributed by atoms with E-state index in [2.05, 4.69) is 5.32 Å². The normalized spacial score (nSPS) is 10.4. The number of hydrogen-bond donors (Lipinski definition) is 1. The van der Waals surface area contributed by atoms with Gasteiger partial charge in [0.2, 0.25) is 0 Å². The summed E-state index contributed by atoms with van der Waals surface area (Å²) in [5, 5.41) is 4.22. The second-order valence-corrected chi connectivity index (χ2v) is 5.71. The molecule has 0 atom stereocenters. The lowest BCUT2D eigenvalue weighted by atomic mass is 10.2. The fraction of sp³-hybridized carbons (Fsp3) is 0.0588. The van der Waals surface area contributed by atoms with Crippen LogP contribution in [0.2, 0.25) is 0 Å². The first-order valence-electron chi connectivity index (χ1n) is 6.65. The third-order valence-corrected chi connectivity index (χ3v) is 4.43. The number of carbonyl (C=O) groups excluding carboxylic acids is 2. The lowest BCUT2D eigenvalue weighted by molar-refractivity contribution is 0.0607. The summed E-state index contributed by atoms with van der Waals surface area (Å²) >= 11 is 1.39. The Morgan fingerprint density at radius 3 is 2.55 bits per heavy atom. The SMILES string of the molecule is COC(=O)c1sc2ccccc2c1Nc1ccc(C=O)cc1. The van der Waals surface area contributed by atoms with Gasteiger partial charge in [-0.2, -0.15) is 0 Å². The van der Waals surface area contributed by atoms with Crippen LogP contribution in [0.3, 0.4) is 0 Å². The average molecular weight is 311 g/mol. The van der Waals surface area contributed by atoms with Gasteiger partial charge in [-0.3, -0.25) is 4.79 Å². The van der Waals surface area contributed by atoms with Crippen LogP contribution in [0.4, 0.5) is 11.4 Å². The monoisotopic (exact) mass is 311 g/mol. The van der Waals surface area contributed by atoms with Crippen molar-refractivity contribution in [1.29, 1.82) is 0 Å². The second kappa shape index (κ2) is 5.99. The Morgan fingerprint density at radius 1 is 1.14 bits per heavy atom. The van der Waals surface area contributed by atoms with Crippen molar-refractivity contribution >= 4 is 45.1 Å². The number of ether oxygens (including phenoxy) is 1. The number of carbonyl (C=O) groups is 2. The first-order valence-corrected chi connectivity index (χ1v) is 7.46. The first kappa shape index (κ1) is 14.3. The van der Waals surface area contributed by atoms with Gasteiger partial charge in [-0.25, -0.2) is 4.79 Å². The summed E-state index contributed by atoms with van der Waals surface area (Å²) in [4.78, 5) is 23.2. The van der Waals surface area contributed by atoms with Crippen LogP contribution in [0.1, 0.15) is 20.0 Å². The van der Waals surface area contributed by atoms with E-state index in [1.54, 1.807) is 24.3 Å². The standard InChI is InChI=1S/C17H13NO3S/c1-21-17(20)16-15(13-4-2-3-5-14(13)22-16)18-12-8-6-11(10-19)7-9-12/h2-10,18H,1H3. The molecule has 1 aromatic heterocycles. The van der Waals surface area contributed by atoms with Gasteiger partial charge in [-0.15, -0.1) is 11.3 Å². The highest BCUT2D eigenvalue weighted by molar-refractivity contribution is 7.21. The maximum Gasteiger partial charge on any atom is 0.350 e. The minimum atomic E-state index is -0.367. The van der Waals surface area contributed by atoms with Crippen LogP contribution in [0, 0.1) is 0 Å². The first-order chi connectivity index (χ1) is 10.7. The minimum absolute atomic E-state index is 0.367. The van der Waals surface area contributed by atoms with Gasteiger partial charge < -0.3 is 10.1 Å². The summed E-state index contributed by atoms with van der Waals surface area (Å²) in [6.45, 7) is 0. The van der Waals surface area contributed by atoms with Crippen molar-refractivity contribution in [2.45, 2.75) is 0 Å². The third kappa shape index (κ3) is 2.58. The van der Waals surface area contributed by atoms with E-state index in [0.717, 1.165) is 27.7 Å². The number of esters is 1. The number of aldehydes is 1. The zero-order valence-corrected chi connectivity index (χ0v) is 12.6. The van der Waals surface area contributed by atoms with Crippen molar-refractivity contribution in [2.75, 3.05) is 12.4 Å². The molecule has 0 fully saturated rings. The minimum Gasteiger partial charge on any atom is -0.465 e. The summed E-state index contributed by atoms with van der Waals surface area (Å²) in [5.74, 6) is -0.367. The molecule has 0 spiro atoms. The highest BCUT2D eigenvalue weighted by atomic mass is 32.1. The fourth-order valence-electron chi connectivity index (χ4n) is 2.20. The van der Waals surface area contributed by atoms with Crippen molar-refractivity contribution in [2.24, 2.45) is 0 Å². The van der Waals surface area contributed by atoms with Gasteiger partial charge in [0.25, 0.3) is 0 Å². The number of thiophene rings is 1. The third-order valence-electron chi connectivity index (χ3n) is 3.28. The molecular formula is C17H13NO3S. The zero-order chi connectivity index (χ0) is 15.5. The Balaban J connectivity index is 2.07. The van der Waals surface area contributed by atoms with Crippen LogP contribution in [-0.2, 0) is 4.74 Å². The van der Waals surface area contributed by atoms with Gasteiger partial charge in [0.05, 0.1) is 12.8 Å². The fourth-order valence-corrected chi connectivity index (χ4v) is 3.27. The lowest BCUT2D eigenvalue weighted by Crippen LogP contribution is -2.02. The molecule has 0 radical (unpaired) electrons. The predicted molar refractivity (Wildman–Crippen MR) is 88.3 cm³/mol. The molecule has 0 unspecified atom stereocenters. The summed E-state index contributed by atoms with van der Waals surface area (Å²) in [6.07, 6.45) is 0.795. The lowest BCUT2D eigenvalue weighted by Gasteiger charge is -2.08. The molecule has 0 aliphatic heterocycles. The van der Waals surface area contributed by atoms with Crippen molar-refractivity contribution in [3.05, 3.63) is 59.0 Å². The Morgan fingerprint density at radius 2 is 1.86 bits per heavy atom. The van der Waals surface area contributed by atoms with Gasteiger partial charge in [-0.05, 0) is 30.3 Å². The van der Waals surface area contributed by atoms with Crippen LogP contribution >= 0.6 is 11.3 Å². The van der Waals surface area contributed by atoms with Crippen molar-refractivity contribution in [3.63, 3.8) is 0 Å². The van der Waals surface area contributed by atoms with Crippen molar-refractivity contribution in [1.82, 2.24) is 0 Å². The van der Waals surface area contributed by atoms with Gasteiger partial charge >= 0.3 is 5.97 Å². The molecule has 0 saturated carbocycles. The number of anilines is 2. The maximum absolute atomic E-state index is 12.0. The molecule has 5 heteroatoms. The smallest absolute Gasteiger partial charge is 0.350 e. The largest absolute Gasteiger partial charge is 0.465 e. The van der Waals surface area contributed by atoms with E-state index in [1.165, 1.54) is 18.4 Å². The molecule has 0 bridgehead atoms. The molecule has 0 aliphatic rings. The van der Waals surface area contributed by atoms with Crippen LogP contribution in [0.25, 0.3) is 10.1 Å². The van der Waals surface area contributed by atoms with E-state index in [0.29, 0.717) is 10.4 Å². The molecule has 3 aromatic rings. The van der Waals surface area contributed by atoms with E-state index in [9.17, 15) is 9.59 Å². The number of rotatable bonds is 4. The Kier molecular flexibility index (Phi) is 3.89. The van der Waals surface area contributed by atoms with Crippen molar-refractivity contribution < 1.29 is 14.3 Å². The van der Waals surface area contributed by atoms with Crippen LogP contribution in [0.15, 0.2) is 48.5 Å². The topological polar surface area (TPSA) is 55.4 Å². The van der Waals surface area contributed by atoms with Crippen LogP contribution < -0.4 is 5.32 Å².